The van der Waals surface area contributed by atoms with Gasteiger partial charge in [0.1, 0.15) is 49.0 Å². The number of rotatable bonds is 24. The topological polar surface area (TPSA) is 81.7 Å². The van der Waals surface area contributed by atoms with Crippen LogP contribution in [0, 0.1) is 0 Å². The zero-order valence-electron chi connectivity index (χ0n) is 36.6. The third-order valence-corrected chi connectivity index (χ3v) is 12.2. The Morgan fingerprint density at radius 3 is 1.84 bits per heavy atom. The predicted molar refractivity (Wildman–Crippen MR) is 247 cm³/mol. The molecule has 2 heterocycles. The van der Waals surface area contributed by atoms with E-state index in [2.05, 4.69) is 25.1 Å². The van der Waals surface area contributed by atoms with Gasteiger partial charge in [0.2, 0.25) is 0 Å². The summed E-state index contributed by atoms with van der Waals surface area (Å²) < 4.78 is 45.6. The summed E-state index contributed by atoms with van der Waals surface area (Å²) in [6.07, 6.45) is 6.56. The summed E-state index contributed by atoms with van der Waals surface area (Å²) in [7, 11) is 0. The molecule has 5 aromatic carbocycles. The molecular weight excluding hydrogens is 812 g/mol. The van der Waals surface area contributed by atoms with E-state index in [1.165, 1.54) is 25.7 Å². The van der Waals surface area contributed by atoms with Crippen LogP contribution in [0.2, 0.25) is 5.02 Å². The molecule has 6 atom stereocenters. The van der Waals surface area contributed by atoms with E-state index in [1.807, 2.05) is 115 Å². The molecule has 0 saturated carbocycles. The fourth-order valence-corrected chi connectivity index (χ4v) is 8.46. The Kier molecular flexibility index (Phi) is 18.5. The molecule has 0 unspecified atom stereocenters. The number of hydrogen-bond acceptors (Lipinski definition) is 8. The van der Waals surface area contributed by atoms with Crippen LogP contribution in [0.3, 0.4) is 0 Å². The zero-order valence-corrected chi connectivity index (χ0v) is 37.4. The van der Waals surface area contributed by atoms with Gasteiger partial charge in [0.05, 0.1) is 33.0 Å². The zero-order chi connectivity index (χ0) is 43.5. The number of hydrogen-bond donors (Lipinski definition) is 0. The normalized spacial score (nSPS) is 21.0. The number of benzene rings is 5. The van der Waals surface area contributed by atoms with Gasteiger partial charge in [-0.25, -0.2) is 0 Å². The number of esters is 1. The van der Waals surface area contributed by atoms with Gasteiger partial charge in [-0.3, -0.25) is 4.79 Å². The number of halogens is 1. The second-order valence-corrected chi connectivity index (χ2v) is 17.1. The van der Waals surface area contributed by atoms with Crippen molar-refractivity contribution in [2.75, 3.05) is 19.8 Å². The van der Waals surface area contributed by atoms with Gasteiger partial charge in [-0.1, -0.05) is 172 Å². The fraction of sp³-hybridized carbons (Fsp3) is 0.426. The highest BCUT2D eigenvalue weighted by molar-refractivity contribution is 6.31. The molecule has 2 fully saturated rings. The third kappa shape index (κ3) is 14.5. The highest BCUT2D eigenvalue weighted by Crippen LogP contribution is 2.40. The van der Waals surface area contributed by atoms with Crippen LogP contribution in [0.25, 0.3) is 0 Å². The summed E-state index contributed by atoms with van der Waals surface area (Å²) in [4.78, 5) is 13.3. The van der Waals surface area contributed by atoms with Gasteiger partial charge in [-0.05, 0) is 64.4 Å². The van der Waals surface area contributed by atoms with Crippen LogP contribution >= 0.6 is 11.6 Å². The van der Waals surface area contributed by atoms with Crippen molar-refractivity contribution >= 4 is 17.6 Å². The second kappa shape index (κ2) is 25.1. The van der Waals surface area contributed by atoms with Crippen LogP contribution in [-0.2, 0) is 59.5 Å². The van der Waals surface area contributed by atoms with E-state index in [4.69, 9.17) is 44.8 Å². The lowest BCUT2D eigenvalue weighted by molar-refractivity contribution is -0.273. The number of carbonyl (C=O) groups is 1. The van der Waals surface area contributed by atoms with Gasteiger partial charge in [0, 0.05) is 17.9 Å². The van der Waals surface area contributed by atoms with Crippen molar-refractivity contribution in [2.24, 2.45) is 0 Å². The molecule has 5 aromatic rings. The lowest BCUT2D eigenvalue weighted by Crippen LogP contribution is -2.58. The van der Waals surface area contributed by atoms with E-state index >= 15 is 0 Å². The molecule has 2 aliphatic rings. The quantitative estimate of drug-likeness (QED) is 0.0448. The summed E-state index contributed by atoms with van der Waals surface area (Å²) in [5.41, 5.74) is 5.96. The van der Waals surface area contributed by atoms with Crippen molar-refractivity contribution in [1.29, 1.82) is 0 Å². The fourth-order valence-electron chi connectivity index (χ4n) is 8.28. The van der Waals surface area contributed by atoms with Gasteiger partial charge in [0.25, 0.3) is 0 Å². The molecule has 8 nitrogen and oxygen atoms in total. The minimum absolute atomic E-state index is 0.00371. The van der Waals surface area contributed by atoms with Crippen molar-refractivity contribution in [2.45, 2.75) is 128 Å². The van der Waals surface area contributed by atoms with E-state index in [0.29, 0.717) is 44.3 Å². The van der Waals surface area contributed by atoms with E-state index in [1.54, 1.807) is 0 Å². The maximum absolute atomic E-state index is 13.3. The van der Waals surface area contributed by atoms with E-state index in [9.17, 15) is 4.79 Å². The number of unbranched alkanes of at least 4 members (excludes halogenated alkanes) is 6. The molecule has 2 saturated heterocycles. The first-order valence-corrected chi connectivity index (χ1v) is 23.3. The molecule has 0 aliphatic carbocycles. The SMILES string of the molecule is CCCCCCCCCC(=O)OC[C@H]1O[C@@H](c2ccc(Cl)c(Cc3ccc(O[C@@H]4CCOC4)cc3)c2)[C@H](OCc2ccccc2)[C@@H](OCc2ccccc2)[C@@H]1OCc1ccccc1. The van der Waals surface area contributed by atoms with E-state index in [-0.39, 0.29) is 18.7 Å². The monoisotopic (exact) mass is 874 g/mol. The molecule has 2 aliphatic heterocycles. The van der Waals surface area contributed by atoms with Crippen molar-refractivity contribution in [1.82, 2.24) is 0 Å². The highest BCUT2D eigenvalue weighted by Gasteiger charge is 2.49. The minimum Gasteiger partial charge on any atom is -0.488 e. The Hall–Kier alpha value is -4.54. The summed E-state index contributed by atoms with van der Waals surface area (Å²) in [6.45, 7) is 4.52. The lowest BCUT2D eigenvalue weighted by atomic mass is 9.89. The molecule has 0 aromatic heterocycles. The average Bonchev–Trinajstić information content (AvgIpc) is 3.84. The van der Waals surface area contributed by atoms with Crippen LogP contribution in [0.1, 0.15) is 104 Å². The molecular formula is C54H63ClO8. The highest BCUT2D eigenvalue weighted by atomic mass is 35.5. The average molecular weight is 876 g/mol. The number of carbonyl (C=O) groups excluding carboxylic acids is 1. The van der Waals surface area contributed by atoms with Crippen LogP contribution in [0.15, 0.2) is 133 Å². The van der Waals surface area contributed by atoms with Crippen molar-refractivity contribution < 1.29 is 38.0 Å². The largest absolute Gasteiger partial charge is 0.488 e. The van der Waals surface area contributed by atoms with Gasteiger partial charge in [-0.15, -0.1) is 0 Å². The van der Waals surface area contributed by atoms with Crippen LogP contribution < -0.4 is 4.74 Å². The molecule has 0 N–H and O–H groups in total. The molecule has 0 radical (unpaired) electrons. The maximum Gasteiger partial charge on any atom is 0.305 e. The molecule has 9 heteroatoms. The molecule has 334 valence electrons. The summed E-state index contributed by atoms with van der Waals surface area (Å²) >= 11 is 6.96. The van der Waals surface area contributed by atoms with Crippen molar-refractivity contribution in [3.8, 4) is 5.75 Å². The Bertz CT molecular complexity index is 2060. The molecule has 0 amide bonds. The summed E-state index contributed by atoms with van der Waals surface area (Å²) in [6, 6.07) is 44.5. The van der Waals surface area contributed by atoms with Gasteiger partial charge < -0.3 is 33.2 Å². The van der Waals surface area contributed by atoms with E-state index in [0.717, 1.165) is 71.4 Å². The Balaban J connectivity index is 1.18. The predicted octanol–water partition coefficient (Wildman–Crippen LogP) is 12.0. The Morgan fingerprint density at radius 2 is 1.24 bits per heavy atom. The molecule has 0 bridgehead atoms. The molecule has 0 spiro atoms. The van der Waals surface area contributed by atoms with Gasteiger partial charge >= 0.3 is 5.97 Å². The summed E-state index contributed by atoms with van der Waals surface area (Å²) in [5, 5.41) is 0.650. The molecule has 63 heavy (non-hydrogen) atoms. The van der Waals surface area contributed by atoms with Crippen LogP contribution in [0.4, 0.5) is 0 Å². The van der Waals surface area contributed by atoms with Crippen molar-refractivity contribution in [3.63, 3.8) is 0 Å². The first kappa shape index (κ1) is 46.5. The number of ether oxygens (including phenoxy) is 7. The Labute approximate surface area is 379 Å². The second-order valence-electron chi connectivity index (χ2n) is 16.7. The minimum atomic E-state index is -0.675. The smallest absolute Gasteiger partial charge is 0.305 e. The van der Waals surface area contributed by atoms with Crippen molar-refractivity contribution in [3.05, 3.63) is 172 Å². The third-order valence-electron chi connectivity index (χ3n) is 11.8. The maximum atomic E-state index is 13.3. The summed E-state index contributed by atoms with van der Waals surface area (Å²) in [5.74, 6) is 0.583. The van der Waals surface area contributed by atoms with Crippen LogP contribution in [0.5, 0.6) is 5.75 Å². The first-order chi connectivity index (χ1) is 31.0. The lowest BCUT2D eigenvalue weighted by Gasteiger charge is -2.46. The van der Waals surface area contributed by atoms with Crippen LogP contribution in [-0.4, -0.2) is 56.3 Å². The van der Waals surface area contributed by atoms with Gasteiger partial charge in [0.15, 0.2) is 0 Å². The molecule has 7 rings (SSSR count). The standard InChI is InChI=1S/C54H63ClO8/c1-2-3-4-5-6-7-17-24-50(56)58-39-49-52(59-35-41-18-11-8-12-19-41)54(61-37-43-22-15-10-16-23-43)53(60-36-42-20-13-9-14-21-42)51(63-49)44-27-30-48(55)45(34-44)33-40-25-28-46(29-26-40)62-47-31-32-57-38-47/h8-16,18-23,25-30,34,47,49,51-54H,2-7,17,24,31-33,35-39H2,1H3/t47-,49-,51+,52-,53+,54+/m1/s1. The Morgan fingerprint density at radius 1 is 0.651 bits per heavy atom. The first-order valence-electron chi connectivity index (χ1n) is 22.9. The van der Waals surface area contributed by atoms with E-state index < -0.39 is 30.5 Å². The van der Waals surface area contributed by atoms with Gasteiger partial charge in [-0.2, -0.15) is 0 Å².